The van der Waals surface area contributed by atoms with Gasteiger partial charge in [-0.1, -0.05) is 23.4 Å². The highest BCUT2D eigenvalue weighted by molar-refractivity contribution is 5.34. The lowest BCUT2D eigenvalue weighted by molar-refractivity contribution is -0.0381. The summed E-state index contributed by atoms with van der Waals surface area (Å²) in [5, 5.41) is 27.6. The second-order valence-corrected chi connectivity index (χ2v) is 8.31. The molecule has 11 nitrogen and oxygen atoms in total. The van der Waals surface area contributed by atoms with Crippen molar-refractivity contribution in [3.05, 3.63) is 107 Å². The van der Waals surface area contributed by atoms with E-state index in [1.165, 1.54) is 35.2 Å². The second-order valence-electron chi connectivity index (χ2n) is 8.31. The molecule has 36 heavy (non-hydrogen) atoms. The van der Waals surface area contributed by atoms with Gasteiger partial charge >= 0.3 is 5.69 Å². The van der Waals surface area contributed by atoms with Crippen LogP contribution in [0.25, 0.3) is 5.69 Å². The van der Waals surface area contributed by atoms with Gasteiger partial charge in [0.15, 0.2) is 0 Å². The molecule has 0 saturated carbocycles. The molecule has 5 rings (SSSR count). The maximum absolute atomic E-state index is 14.8. The highest BCUT2D eigenvalue weighted by atomic mass is 19.1. The maximum atomic E-state index is 14.8. The summed E-state index contributed by atoms with van der Waals surface area (Å²) in [4.78, 5) is 17.2. The minimum absolute atomic E-state index is 0.203. The molecule has 2 aromatic carbocycles. The largest absolute Gasteiger partial charge is 0.381 e. The van der Waals surface area contributed by atoms with Gasteiger partial charge in [0.25, 0.3) is 0 Å². The Morgan fingerprint density at radius 1 is 1.06 bits per heavy atom. The molecule has 0 amide bonds. The molecule has 0 aliphatic rings. The number of aromatic nitrogens is 9. The van der Waals surface area contributed by atoms with Crippen molar-refractivity contribution in [3.63, 3.8) is 0 Å². The van der Waals surface area contributed by atoms with Crippen LogP contribution in [0.3, 0.4) is 0 Å². The monoisotopic (exact) mass is 493 g/mol. The molecule has 3 aromatic heterocycles. The smallest absolute Gasteiger partial charge is 0.350 e. The number of halogens is 2. The Kier molecular flexibility index (Phi) is 5.98. The third-order valence-corrected chi connectivity index (χ3v) is 6.05. The Morgan fingerprint density at radius 3 is 2.53 bits per heavy atom. The Hall–Kier alpha value is -4.52. The molecule has 2 atom stereocenters. The highest BCUT2D eigenvalue weighted by Crippen LogP contribution is 2.35. The van der Waals surface area contributed by atoms with Gasteiger partial charge < -0.3 is 5.11 Å². The average molecular weight is 493 g/mol. The molecule has 5 aromatic rings. The Bertz CT molecular complexity index is 1510. The molecule has 0 aliphatic heterocycles. The van der Waals surface area contributed by atoms with Crippen molar-refractivity contribution in [1.29, 1.82) is 0 Å². The lowest BCUT2D eigenvalue weighted by Crippen LogP contribution is -2.44. The molecule has 2 unspecified atom stereocenters. The quantitative estimate of drug-likeness (QED) is 0.349. The molecule has 0 saturated heterocycles. The van der Waals surface area contributed by atoms with Gasteiger partial charge in [-0.05, 0) is 30.7 Å². The molecule has 0 radical (unpaired) electrons. The minimum atomic E-state index is -2.02. The van der Waals surface area contributed by atoms with E-state index in [9.17, 15) is 18.7 Å². The molecule has 0 fully saturated rings. The van der Waals surface area contributed by atoms with E-state index < -0.39 is 29.0 Å². The summed E-state index contributed by atoms with van der Waals surface area (Å²) in [6.07, 6.45) is 7.27. The van der Waals surface area contributed by atoms with Crippen LogP contribution in [0.2, 0.25) is 0 Å². The van der Waals surface area contributed by atoms with Gasteiger partial charge in [0.2, 0.25) is 0 Å². The topological polar surface area (TPSA) is 121 Å². The fraction of sp³-hybridized carbons (Fsp3) is 0.217. The van der Waals surface area contributed by atoms with Crippen molar-refractivity contribution in [2.75, 3.05) is 0 Å². The van der Waals surface area contributed by atoms with E-state index in [0.29, 0.717) is 18.3 Å². The predicted molar refractivity (Wildman–Crippen MR) is 122 cm³/mol. The minimum Gasteiger partial charge on any atom is -0.381 e. The lowest BCUT2D eigenvalue weighted by atomic mass is 9.86. The zero-order valence-corrected chi connectivity index (χ0v) is 19.1. The van der Waals surface area contributed by atoms with Crippen LogP contribution in [0.4, 0.5) is 8.78 Å². The van der Waals surface area contributed by atoms with Gasteiger partial charge in [-0.25, -0.2) is 37.2 Å². The number of rotatable bonds is 8. The van der Waals surface area contributed by atoms with Gasteiger partial charge in [-0.3, -0.25) is 0 Å². The summed E-state index contributed by atoms with van der Waals surface area (Å²) in [7, 11) is 0. The molecule has 13 heteroatoms. The van der Waals surface area contributed by atoms with Crippen molar-refractivity contribution in [2.45, 2.75) is 31.7 Å². The summed E-state index contributed by atoms with van der Waals surface area (Å²) in [6.45, 7) is 1.79. The van der Waals surface area contributed by atoms with E-state index in [1.54, 1.807) is 29.2 Å². The van der Waals surface area contributed by atoms with Crippen LogP contribution < -0.4 is 5.69 Å². The molecular weight excluding hydrogens is 472 g/mol. The Morgan fingerprint density at radius 2 is 1.86 bits per heavy atom. The molecular formula is C23H21F2N9O2. The summed E-state index contributed by atoms with van der Waals surface area (Å²) >= 11 is 0. The van der Waals surface area contributed by atoms with Crippen LogP contribution in [0, 0.1) is 11.6 Å². The van der Waals surface area contributed by atoms with Crippen LogP contribution in [-0.4, -0.2) is 49.2 Å². The fourth-order valence-electron chi connectivity index (χ4n) is 4.07. The van der Waals surface area contributed by atoms with Gasteiger partial charge in [-0.15, -0.1) is 5.10 Å². The summed E-state index contributed by atoms with van der Waals surface area (Å²) in [5.41, 5.74) is -1.27. The predicted octanol–water partition coefficient (Wildman–Crippen LogP) is 1.69. The SMILES string of the molecule is CC(n1ncn(-c2ccc(Cn3ccnn3)cc2)c1=O)C(O)(Cn1cncn1)c1ccc(F)cc1F. The first-order chi connectivity index (χ1) is 17.3. The molecule has 184 valence electrons. The Labute approximate surface area is 202 Å². The zero-order chi connectivity index (χ0) is 25.3. The first kappa shape index (κ1) is 23.2. The molecule has 0 spiro atoms. The first-order valence-corrected chi connectivity index (χ1v) is 10.9. The molecule has 3 heterocycles. The highest BCUT2D eigenvalue weighted by Gasteiger charge is 2.41. The van der Waals surface area contributed by atoms with Crippen LogP contribution in [0.5, 0.6) is 0 Å². The van der Waals surface area contributed by atoms with Crippen LogP contribution in [-0.2, 0) is 18.7 Å². The maximum Gasteiger partial charge on any atom is 0.350 e. The van der Waals surface area contributed by atoms with Crippen molar-refractivity contribution >= 4 is 0 Å². The normalized spacial score (nSPS) is 14.0. The molecule has 0 aliphatic carbocycles. The van der Waals surface area contributed by atoms with Crippen LogP contribution >= 0.6 is 0 Å². The average Bonchev–Trinajstić information content (AvgIpc) is 3.62. The first-order valence-electron chi connectivity index (χ1n) is 10.9. The van der Waals surface area contributed by atoms with Gasteiger partial charge in [-0.2, -0.15) is 10.2 Å². The third kappa shape index (κ3) is 4.31. The van der Waals surface area contributed by atoms with Crippen LogP contribution in [0.1, 0.15) is 24.1 Å². The summed E-state index contributed by atoms with van der Waals surface area (Å²) in [6, 6.07) is 9.00. The van der Waals surface area contributed by atoms with E-state index in [-0.39, 0.29) is 12.1 Å². The summed E-state index contributed by atoms with van der Waals surface area (Å²) in [5.74, 6) is -1.75. The van der Waals surface area contributed by atoms with E-state index in [4.69, 9.17) is 0 Å². The van der Waals surface area contributed by atoms with Gasteiger partial charge in [0, 0.05) is 17.8 Å². The van der Waals surface area contributed by atoms with E-state index in [0.717, 1.165) is 22.4 Å². The fourth-order valence-corrected chi connectivity index (χ4v) is 4.07. The number of hydrogen-bond donors (Lipinski definition) is 1. The van der Waals surface area contributed by atoms with Gasteiger partial charge in [0.1, 0.15) is 36.2 Å². The van der Waals surface area contributed by atoms with Crippen molar-refractivity contribution in [1.82, 2.24) is 44.1 Å². The number of nitrogens with zero attached hydrogens (tertiary/aromatic N) is 9. The van der Waals surface area contributed by atoms with Crippen LogP contribution in [0.15, 0.2) is 78.6 Å². The third-order valence-electron chi connectivity index (χ3n) is 6.05. The number of aliphatic hydroxyl groups is 1. The van der Waals surface area contributed by atoms with Gasteiger partial charge in [0.05, 0.1) is 31.0 Å². The Balaban J connectivity index is 1.49. The molecule has 0 bridgehead atoms. The lowest BCUT2D eigenvalue weighted by Gasteiger charge is -2.34. The summed E-state index contributed by atoms with van der Waals surface area (Å²) < 4.78 is 33.8. The van der Waals surface area contributed by atoms with Crippen molar-refractivity contribution in [2.24, 2.45) is 0 Å². The zero-order valence-electron chi connectivity index (χ0n) is 19.1. The number of hydrogen-bond acceptors (Lipinski definition) is 7. The van der Waals surface area contributed by atoms with E-state index in [2.05, 4.69) is 25.5 Å². The standard InChI is InChI=1S/C23H21F2N9O2/c1-16(23(36,12-32-14-26-13-28-32)20-7-4-18(24)10-21(20)25)34-22(35)33(15-29-34)19-5-2-17(3-6-19)11-31-9-8-27-30-31/h2-10,13-16,36H,11-12H2,1H3. The second kappa shape index (κ2) is 9.26. The van der Waals surface area contributed by atoms with E-state index in [1.807, 2.05) is 12.1 Å². The van der Waals surface area contributed by atoms with Crippen molar-refractivity contribution in [3.8, 4) is 5.69 Å². The number of benzene rings is 2. The van der Waals surface area contributed by atoms with E-state index >= 15 is 0 Å². The van der Waals surface area contributed by atoms with Crippen molar-refractivity contribution < 1.29 is 13.9 Å². The molecule has 1 N–H and O–H groups in total.